The highest BCUT2D eigenvalue weighted by atomic mass is 19.1. The van der Waals surface area contributed by atoms with Crippen molar-refractivity contribution in [3.63, 3.8) is 0 Å². The van der Waals surface area contributed by atoms with Crippen LogP contribution in [0.1, 0.15) is 49.2 Å². The van der Waals surface area contributed by atoms with Gasteiger partial charge in [0.15, 0.2) is 11.6 Å². The second-order valence-corrected chi connectivity index (χ2v) is 10.9. The van der Waals surface area contributed by atoms with Crippen LogP contribution in [-0.2, 0) is 10.2 Å². The first-order chi connectivity index (χ1) is 17.8. The molecule has 0 radical (unpaired) electrons. The Hall–Kier alpha value is -3.59. The molecule has 3 aromatic rings. The number of benzene rings is 1. The third-order valence-electron chi connectivity index (χ3n) is 8.06. The van der Waals surface area contributed by atoms with Gasteiger partial charge in [-0.3, -0.25) is 9.78 Å². The van der Waals surface area contributed by atoms with Crippen LogP contribution < -0.4 is 20.1 Å². The van der Waals surface area contributed by atoms with Crippen molar-refractivity contribution in [1.29, 1.82) is 0 Å². The van der Waals surface area contributed by atoms with Crippen LogP contribution in [0, 0.1) is 11.2 Å². The number of hydrogen-bond donors (Lipinski definition) is 3. The summed E-state index contributed by atoms with van der Waals surface area (Å²) in [6.45, 7) is 5.98. The fraction of sp³-hybridized carbons (Fsp3) is 0.429. The van der Waals surface area contributed by atoms with Crippen molar-refractivity contribution < 1.29 is 23.4 Å². The number of nitrogens with zero attached hydrogens (tertiary/aromatic N) is 1. The molecule has 3 N–H and O–H groups in total. The fourth-order valence-corrected chi connectivity index (χ4v) is 5.53. The molecule has 194 valence electrons. The van der Waals surface area contributed by atoms with Crippen molar-refractivity contribution in [2.24, 2.45) is 5.41 Å². The van der Waals surface area contributed by atoms with Crippen LogP contribution in [0.15, 0.2) is 36.7 Å². The van der Waals surface area contributed by atoms with Gasteiger partial charge in [-0.1, -0.05) is 26.3 Å². The maximum atomic E-state index is 14.6. The van der Waals surface area contributed by atoms with Gasteiger partial charge in [0.25, 0.3) is 5.91 Å². The molecule has 2 aliphatic heterocycles. The van der Waals surface area contributed by atoms with E-state index in [0.29, 0.717) is 48.1 Å². The Morgan fingerprint density at radius 3 is 2.78 bits per heavy atom. The van der Waals surface area contributed by atoms with Crippen molar-refractivity contribution in [3.05, 3.63) is 53.7 Å². The van der Waals surface area contributed by atoms with Crippen LogP contribution >= 0.6 is 0 Å². The third-order valence-corrected chi connectivity index (χ3v) is 8.06. The molecule has 0 bridgehead atoms. The molecule has 0 unspecified atom stereocenters. The fourth-order valence-electron chi connectivity index (χ4n) is 5.53. The number of anilines is 2. The number of carbonyl (C=O) groups is 1. The third kappa shape index (κ3) is 3.83. The minimum atomic E-state index is -0.491. The van der Waals surface area contributed by atoms with Crippen molar-refractivity contribution in [2.75, 3.05) is 32.2 Å². The van der Waals surface area contributed by atoms with E-state index in [1.165, 1.54) is 13.2 Å². The highest BCUT2D eigenvalue weighted by Gasteiger charge is 2.47. The van der Waals surface area contributed by atoms with Crippen molar-refractivity contribution in [3.8, 4) is 22.8 Å². The molecular weight excluding hydrogens is 475 g/mol. The van der Waals surface area contributed by atoms with Crippen LogP contribution in [0.4, 0.5) is 15.8 Å². The molecule has 4 heterocycles. The lowest BCUT2D eigenvalue weighted by atomic mass is 9.64. The van der Waals surface area contributed by atoms with Gasteiger partial charge in [-0.2, -0.15) is 0 Å². The van der Waals surface area contributed by atoms with Gasteiger partial charge in [0.05, 0.1) is 48.6 Å². The molecule has 37 heavy (non-hydrogen) atoms. The zero-order valence-electron chi connectivity index (χ0n) is 21.2. The number of rotatable bonds is 7. The average molecular weight is 507 g/mol. The standard InChI is InChI=1S/C28H31FN4O4/c1-27(2)15-37-20(27)13-36-19-12-30-11-8-16(19)22-23(32-18-7-4-6-17(29)24(18)35-3)21-25(33-22)28(9-5-10-28)14-31-26(21)34/h4,6-8,11-12,20,32-33H,5,9-10,13-15H2,1-3H3,(H,31,34)/t20-/m1/s1. The van der Waals surface area contributed by atoms with Gasteiger partial charge in [0, 0.05) is 34.8 Å². The summed E-state index contributed by atoms with van der Waals surface area (Å²) in [5, 5.41) is 6.40. The first kappa shape index (κ1) is 23.8. The van der Waals surface area contributed by atoms with E-state index in [-0.39, 0.29) is 28.6 Å². The van der Waals surface area contributed by atoms with E-state index in [0.717, 1.165) is 30.5 Å². The van der Waals surface area contributed by atoms with Gasteiger partial charge in [-0.05, 0) is 31.0 Å². The Morgan fingerprint density at radius 2 is 2.11 bits per heavy atom. The number of amides is 1. The molecule has 2 aromatic heterocycles. The SMILES string of the molecule is COc1c(F)cccc1Nc1c(-c2ccncc2OC[C@H]2OCC2(C)C)[nH]c2c1C(=O)NCC21CCC1. The predicted molar refractivity (Wildman–Crippen MR) is 137 cm³/mol. The number of H-pyrrole nitrogens is 1. The molecule has 1 saturated heterocycles. The molecule has 2 fully saturated rings. The smallest absolute Gasteiger partial charge is 0.255 e. The zero-order valence-corrected chi connectivity index (χ0v) is 21.2. The normalized spacial score (nSPS) is 20.9. The number of ether oxygens (including phenoxy) is 3. The lowest BCUT2D eigenvalue weighted by molar-refractivity contribution is -0.180. The molecule has 1 spiro atoms. The summed E-state index contributed by atoms with van der Waals surface area (Å²) in [5.74, 6) is -0.0123. The lowest BCUT2D eigenvalue weighted by Gasteiger charge is -2.44. The van der Waals surface area contributed by atoms with Crippen LogP contribution in [0.25, 0.3) is 11.3 Å². The topological polar surface area (TPSA) is 97.5 Å². The Labute approximate surface area is 214 Å². The number of nitrogens with one attached hydrogen (secondary N) is 3. The van der Waals surface area contributed by atoms with Gasteiger partial charge in [0.2, 0.25) is 0 Å². The Balaban J connectivity index is 1.47. The van der Waals surface area contributed by atoms with Gasteiger partial charge < -0.3 is 29.8 Å². The minimum absolute atomic E-state index is 0.0180. The molecule has 1 aliphatic carbocycles. The number of pyridine rings is 1. The summed E-state index contributed by atoms with van der Waals surface area (Å²) in [5.41, 5.74) is 3.77. The van der Waals surface area contributed by atoms with E-state index in [2.05, 4.69) is 34.4 Å². The number of fused-ring (bicyclic) bond motifs is 2. The minimum Gasteiger partial charge on any atom is -0.492 e. The largest absolute Gasteiger partial charge is 0.492 e. The summed E-state index contributed by atoms with van der Waals surface area (Å²) in [6.07, 6.45) is 6.42. The second-order valence-electron chi connectivity index (χ2n) is 10.9. The average Bonchev–Trinajstić information content (AvgIpc) is 3.23. The van der Waals surface area contributed by atoms with Gasteiger partial charge in [0.1, 0.15) is 12.4 Å². The van der Waals surface area contributed by atoms with Crippen LogP contribution in [-0.4, -0.2) is 48.8 Å². The maximum Gasteiger partial charge on any atom is 0.255 e. The number of methoxy groups -OCH3 is 1. The summed E-state index contributed by atoms with van der Waals surface area (Å²) in [7, 11) is 1.42. The van der Waals surface area contributed by atoms with Gasteiger partial charge >= 0.3 is 0 Å². The molecule has 8 nitrogen and oxygen atoms in total. The predicted octanol–water partition coefficient (Wildman–Crippen LogP) is 4.94. The number of hydrogen-bond acceptors (Lipinski definition) is 6. The van der Waals surface area contributed by atoms with E-state index in [1.54, 1.807) is 24.5 Å². The second kappa shape index (κ2) is 8.76. The molecule has 9 heteroatoms. The molecule has 3 aliphatic rings. The summed E-state index contributed by atoms with van der Waals surface area (Å²) < 4.78 is 31.8. The van der Waals surface area contributed by atoms with E-state index in [9.17, 15) is 9.18 Å². The molecule has 1 amide bonds. The number of para-hydroxylation sites is 1. The van der Waals surface area contributed by atoms with Crippen molar-refractivity contribution in [2.45, 2.75) is 44.6 Å². The molecule has 6 rings (SSSR count). The number of aromatic amines is 1. The highest BCUT2D eigenvalue weighted by Crippen LogP contribution is 2.51. The molecule has 1 saturated carbocycles. The summed E-state index contributed by atoms with van der Waals surface area (Å²) >= 11 is 0. The monoisotopic (exact) mass is 506 g/mol. The zero-order chi connectivity index (χ0) is 25.8. The van der Waals surface area contributed by atoms with Crippen molar-refractivity contribution >= 4 is 17.3 Å². The number of halogens is 1. The first-order valence-electron chi connectivity index (χ1n) is 12.7. The Kier molecular flexibility index (Phi) is 5.63. The van der Waals surface area contributed by atoms with E-state index in [4.69, 9.17) is 14.2 Å². The Morgan fingerprint density at radius 1 is 1.27 bits per heavy atom. The first-order valence-corrected chi connectivity index (χ1v) is 12.7. The number of carbonyl (C=O) groups excluding carboxylic acids is 1. The van der Waals surface area contributed by atoms with Crippen LogP contribution in [0.2, 0.25) is 0 Å². The Bertz CT molecular complexity index is 1360. The van der Waals surface area contributed by atoms with E-state index < -0.39 is 5.82 Å². The highest BCUT2D eigenvalue weighted by molar-refractivity contribution is 6.07. The van der Waals surface area contributed by atoms with E-state index >= 15 is 0 Å². The lowest BCUT2D eigenvalue weighted by Crippen LogP contribution is -2.50. The molecule has 1 atom stereocenters. The number of aromatic nitrogens is 2. The quantitative estimate of drug-likeness (QED) is 0.420. The van der Waals surface area contributed by atoms with E-state index in [1.807, 2.05) is 6.07 Å². The van der Waals surface area contributed by atoms with Gasteiger partial charge in [-0.25, -0.2) is 4.39 Å². The molecular formula is C28H31FN4O4. The van der Waals surface area contributed by atoms with Crippen LogP contribution in [0.5, 0.6) is 11.5 Å². The van der Waals surface area contributed by atoms with Crippen molar-refractivity contribution in [1.82, 2.24) is 15.3 Å². The molecule has 1 aromatic carbocycles. The summed E-state index contributed by atoms with van der Waals surface area (Å²) in [4.78, 5) is 21.1. The van der Waals surface area contributed by atoms with Gasteiger partial charge in [-0.15, -0.1) is 0 Å². The van der Waals surface area contributed by atoms with Crippen LogP contribution in [0.3, 0.4) is 0 Å². The summed E-state index contributed by atoms with van der Waals surface area (Å²) in [6, 6.07) is 6.53. The maximum absolute atomic E-state index is 14.6.